The third-order valence-electron chi connectivity index (χ3n) is 3.62. The van der Waals surface area contributed by atoms with Crippen molar-refractivity contribution in [3.8, 4) is 0 Å². The molecule has 0 spiro atoms. The van der Waals surface area contributed by atoms with Crippen molar-refractivity contribution >= 4 is 23.6 Å². The summed E-state index contributed by atoms with van der Waals surface area (Å²) < 4.78 is 0. The lowest BCUT2D eigenvalue weighted by atomic mass is 10.1. The number of rotatable bonds is 6. The number of benzene rings is 1. The molecule has 2 rings (SSSR count). The van der Waals surface area contributed by atoms with E-state index < -0.39 is 0 Å². The van der Waals surface area contributed by atoms with Gasteiger partial charge in [-0.2, -0.15) is 0 Å². The first-order chi connectivity index (χ1) is 10.5. The molecule has 1 aliphatic heterocycles. The average Bonchev–Trinajstić information content (AvgIpc) is 2.80. The molecular weight excluding hydrogens is 298 g/mol. The minimum atomic E-state index is -0.101. The molecule has 0 unspecified atom stereocenters. The summed E-state index contributed by atoms with van der Waals surface area (Å²) in [6, 6.07) is 8.02. The number of hydrogen-bond acceptors (Lipinski definition) is 4. The number of amides is 2. The molecule has 0 aromatic heterocycles. The largest absolute Gasteiger partial charge is 0.353 e. The van der Waals surface area contributed by atoms with Crippen LogP contribution in [0.25, 0.3) is 0 Å². The summed E-state index contributed by atoms with van der Waals surface area (Å²) in [4.78, 5) is 27.8. The zero-order chi connectivity index (χ0) is 16.1. The molecule has 0 aliphatic carbocycles. The van der Waals surface area contributed by atoms with Gasteiger partial charge in [-0.25, -0.2) is 0 Å². The summed E-state index contributed by atoms with van der Waals surface area (Å²) in [7, 11) is 3.92. The van der Waals surface area contributed by atoms with E-state index in [4.69, 9.17) is 0 Å². The molecule has 1 N–H and O–H groups in total. The fourth-order valence-corrected chi connectivity index (χ4v) is 3.66. The van der Waals surface area contributed by atoms with Gasteiger partial charge in [-0.15, -0.1) is 11.8 Å². The highest BCUT2D eigenvalue weighted by molar-refractivity contribution is 8.00. The van der Waals surface area contributed by atoms with Crippen molar-refractivity contribution in [3.63, 3.8) is 0 Å². The maximum absolute atomic E-state index is 12.1. The third-order valence-corrected chi connectivity index (χ3v) is 4.86. The second-order valence-corrected chi connectivity index (χ2v) is 6.76. The van der Waals surface area contributed by atoms with Gasteiger partial charge in [0.1, 0.15) is 11.9 Å². The SMILES string of the molecule is Cc1ccccc1[C@H]1SCC(=O)N1CC(=O)NCCN(C)C. The molecular formula is C16H23N3O2S. The van der Waals surface area contributed by atoms with E-state index in [2.05, 4.69) is 5.32 Å². The first-order valence-electron chi connectivity index (χ1n) is 7.37. The van der Waals surface area contributed by atoms with E-state index in [1.165, 1.54) is 0 Å². The number of carbonyl (C=O) groups is 2. The van der Waals surface area contributed by atoms with E-state index in [1.54, 1.807) is 16.7 Å². The minimum Gasteiger partial charge on any atom is -0.353 e. The van der Waals surface area contributed by atoms with Crippen molar-refractivity contribution in [1.82, 2.24) is 15.1 Å². The van der Waals surface area contributed by atoms with Crippen LogP contribution in [-0.2, 0) is 9.59 Å². The smallest absolute Gasteiger partial charge is 0.239 e. The van der Waals surface area contributed by atoms with Crippen LogP contribution < -0.4 is 5.32 Å². The third kappa shape index (κ3) is 4.24. The van der Waals surface area contributed by atoms with Gasteiger partial charge in [0.25, 0.3) is 0 Å². The predicted molar refractivity (Wildman–Crippen MR) is 89.7 cm³/mol. The van der Waals surface area contributed by atoms with Crippen molar-refractivity contribution in [1.29, 1.82) is 0 Å². The van der Waals surface area contributed by atoms with Crippen LogP contribution in [0.15, 0.2) is 24.3 Å². The Hall–Kier alpha value is -1.53. The molecule has 22 heavy (non-hydrogen) atoms. The van der Waals surface area contributed by atoms with E-state index in [9.17, 15) is 9.59 Å². The highest BCUT2D eigenvalue weighted by Gasteiger charge is 2.34. The summed E-state index contributed by atoms with van der Waals surface area (Å²) in [5, 5.41) is 2.80. The number of nitrogens with zero attached hydrogens (tertiary/aromatic N) is 2. The van der Waals surface area contributed by atoms with Gasteiger partial charge in [-0.3, -0.25) is 9.59 Å². The Kier molecular flexibility index (Phi) is 5.85. The van der Waals surface area contributed by atoms with Crippen molar-refractivity contribution < 1.29 is 9.59 Å². The topological polar surface area (TPSA) is 52.7 Å². The van der Waals surface area contributed by atoms with Crippen molar-refractivity contribution in [2.24, 2.45) is 0 Å². The Morgan fingerprint density at radius 1 is 1.41 bits per heavy atom. The van der Waals surface area contributed by atoms with E-state index in [1.807, 2.05) is 50.2 Å². The van der Waals surface area contributed by atoms with Crippen LogP contribution in [0, 0.1) is 6.92 Å². The molecule has 1 heterocycles. The molecule has 1 fully saturated rings. The Morgan fingerprint density at radius 2 is 2.14 bits per heavy atom. The van der Waals surface area contributed by atoms with Crippen molar-refractivity contribution in [2.75, 3.05) is 39.5 Å². The highest BCUT2D eigenvalue weighted by atomic mass is 32.2. The van der Waals surface area contributed by atoms with Gasteiger partial charge < -0.3 is 15.1 Å². The Labute approximate surface area is 136 Å². The predicted octanol–water partition coefficient (Wildman–Crippen LogP) is 1.25. The summed E-state index contributed by atoms with van der Waals surface area (Å²) in [5.41, 5.74) is 2.26. The molecule has 1 aromatic carbocycles. The van der Waals surface area contributed by atoms with Gasteiger partial charge in [0, 0.05) is 13.1 Å². The molecule has 1 saturated heterocycles. The molecule has 2 amide bonds. The highest BCUT2D eigenvalue weighted by Crippen LogP contribution is 2.39. The lowest BCUT2D eigenvalue weighted by Crippen LogP contribution is -2.41. The van der Waals surface area contributed by atoms with Gasteiger partial charge in [0.15, 0.2) is 0 Å². The van der Waals surface area contributed by atoms with Crippen LogP contribution >= 0.6 is 11.8 Å². The molecule has 5 nitrogen and oxygen atoms in total. The summed E-state index contributed by atoms with van der Waals surface area (Å²) >= 11 is 1.58. The summed E-state index contributed by atoms with van der Waals surface area (Å²) in [6.07, 6.45) is 0. The fourth-order valence-electron chi connectivity index (χ4n) is 2.38. The van der Waals surface area contributed by atoms with Crippen molar-refractivity contribution in [3.05, 3.63) is 35.4 Å². The number of likely N-dealkylation sites (N-methyl/N-ethyl adjacent to an activating group) is 1. The zero-order valence-electron chi connectivity index (χ0n) is 13.3. The number of thioether (sulfide) groups is 1. The first kappa shape index (κ1) is 16.8. The number of aryl methyl sites for hydroxylation is 1. The van der Waals surface area contributed by atoms with E-state index in [-0.39, 0.29) is 23.7 Å². The van der Waals surface area contributed by atoms with Gasteiger partial charge in [0.2, 0.25) is 11.8 Å². The van der Waals surface area contributed by atoms with Crippen LogP contribution in [0.5, 0.6) is 0 Å². The molecule has 1 aromatic rings. The maximum Gasteiger partial charge on any atom is 0.239 e. The fraction of sp³-hybridized carbons (Fsp3) is 0.500. The number of hydrogen-bond donors (Lipinski definition) is 1. The molecule has 1 atom stereocenters. The molecule has 6 heteroatoms. The second-order valence-electron chi connectivity index (χ2n) is 5.69. The minimum absolute atomic E-state index is 0.0287. The molecule has 120 valence electrons. The van der Waals surface area contributed by atoms with Gasteiger partial charge in [0.05, 0.1) is 5.75 Å². The monoisotopic (exact) mass is 321 g/mol. The van der Waals surface area contributed by atoms with Crippen LogP contribution in [0.2, 0.25) is 0 Å². The average molecular weight is 321 g/mol. The normalized spacial score (nSPS) is 18.1. The second kappa shape index (κ2) is 7.65. The van der Waals surface area contributed by atoms with E-state index in [0.29, 0.717) is 12.3 Å². The quantitative estimate of drug-likeness (QED) is 0.857. The number of carbonyl (C=O) groups excluding carboxylic acids is 2. The van der Waals surface area contributed by atoms with Crippen molar-refractivity contribution in [2.45, 2.75) is 12.3 Å². The van der Waals surface area contributed by atoms with Crippen LogP contribution in [0.3, 0.4) is 0 Å². The Bertz CT molecular complexity index is 548. The van der Waals surface area contributed by atoms with Crippen LogP contribution in [-0.4, -0.2) is 61.1 Å². The summed E-state index contributed by atoms with van der Waals surface area (Å²) in [5.74, 6) is 0.363. The standard InChI is InChI=1S/C16H23N3O2S/c1-12-6-4-5-7-13(12)16-19(15(21)11-22-16)10-14(20)17-8-9-18(2)3/h4-7,16H,8-11H2,1-3H3,(H,17,20)/t16-/m1/s1. The zero-order valence-corrected chi connectivity index (χ0v) is 14.2. The molecule has 0 saturated carbocycles. The molecule has 0 radical (unpaired) electrons. The number of nitrogens with one attached hydrogen (secondary N) is 1. The lowest BCUT2D eigenvalue weighted by molar-refractivity contribution is -0.133. The summed E-state index contributed by atoms with van der Waals surface area (Å²) in [6.45, 7) is 3.54. The van der Waals surface area contributed by atoms with E-state index in [0.717, 1.165) is 17.7 Å². The molecule has 0 bridgehead atoms. The van der Waals surface area contributed by atoms with E-state index >= 15 is 0 Å². The Morgan fingerprint density at radius 3 is 2.82 bits per heavy atom. The van der Waals surface area contributed by atoms with Crippen LogP contribution in [0.4, 0.5) is 0 Å². The first-order valence-corrected chi connectivity index (χ1v) is 8.42. The molecule has 1 aliphatic rings. The van der Waals surface area contributed by atoms with Crippen LogP contribution in [0.1, 0.15) is 16.5 Å². The van der Waals surface area contributed by atoms with Gasteiger partial charge in [-0.05, 0) is 32.1 Å². The van der Waals surface area contributed by atoms with Gasteiger partial charge >= 0.3 is 0 Å². The Balaban J connectivity index is 2.00. The maximum atomic E-state index is 12.1. The van der Waals surface area contributed by atoms with Gasteiger partial charge in [-0.1, -0.05) is 24.3 Å². The lowest BCUT2D eigenvalue weighted by Gasteiger charge is -2.25.